The van der Waals surface area contributed by atoms with Gasteiger partial charge in [-0.15, -0.1) is 11.3 Å². The average molecular weight is 286 g/mol. The molecule has 0 aliphatic heterocycles. The maximum absolute atomic E-state index is 11.0. The zero-order valence-electron chi connectivity index (χ0n) is 11.0. The highest BCUT2D eigenvalue weighted by molar-refractivity contribution is 7.09. The minimum absolute atomic E-state index is 0.327. The molecule has 2 aromatic heterocycles. The van der Waals surface area contributed by atoms with Crippen molar-refractivity contribution in [3.8, 4) is 0 Å². The van der Waals surface area contributed by atoms with Crippen LogP contribution in [0.2, 0.25) is 0 Å². The van der Waals surface area contributed by atoms with E-state index < -0.39 is 5.97 Å². The number of rotatable bonds is 4. The Labute approximate surface area is 120 Å². The van der Waals surface area contributed by atoms with E-state index >= 15 is 0 Å². The third-order valence-corrected chi connectivity index (χ3v) is 4.44. The number of carbonyl (C=O) groups is 1. The van der Waals surface area contributed by atoms with E-state index in [4.69, 9.17) is 5.11 Å². The fourth-order valence-electron chi connectivity index (χ4n) is 2.32. The summed E-state index contributed by atoms with van der Waals surface area (Å²) in [6.07, 6.45) is 2.95. The molecule has 0 amide bonds. The number of carboxylic acids is 1. The fourth-order valence-corrected chi connectivity index (χ4v) is 3.09. The number of carboxylic acid groups (broad SMARTS) is 1. The van der Waals surface area contributed by atoms with E-state index in [1.807, 2.05) is 30.8 Å². The van der Waals surface area contributed by atoms with Crippen molar-refractivity contribution in [3.63, 3.8) is 0 Å². The first-order valence-corrected chi connectivity index (χ1v) is 7.24. The number of aryl methyl sites for hydroxylation is 3. The highest BCUT2D eigenvalue weighted by Gasteiger charge is 2.07. The monoisotopic (exact) mass is 286 g/mol. The quantitative estimate of drug-likeness (QED) is 0.800. The molecule has 3 rings (SSSR count). The second-order valence-electron chi connectivity index (χ2n) is 4.70. The number of nitrogens with zero attached hydrogens (tertiary/aromatic N) is 2. The molecule has 0 bridgehead atoms. The molecule has 0 spiro atoms. The molecule has 0 radical (unpaired) electrons. The van der Waals surface area contributed by atoms with E-state index in [0.717, 1.165) is 29.6 Å². The molecule has 3 aromatic rings. The van der Waals surface area contributed by atoms with Gasteiger partial charge in [0.15, 0.2) is 0 Å². The van der Waals surface area contributed by atoms with Crippen molar-refractivity contribution < 1.29 is 9.90 Å². The fraction of sp³-hybridized carbons (Fsp3) is 0.200. The van der Waals surface area contributed by atoms with Gasteiger partial charge < -0.3 is 9.67 Å². The van der Waals surface area contributed by atoms with Crippen molar-refractivity contribution in [1.82, 2.24) is 9.55 Å². The lowest BCUT2D eigenvalue weighted by atomic mass is 10.1. The van der Waals surface area contributed by atoms with Gasteiger partial charge in [0.05, 0.1) is 16.8 Å². The largest absolute Gasteiger partial charge is 0.478 e. The van der Waals surface area contributed by atoms with Gasteiger partial charge in [-0.1, -0.05) is 0 Å². The molecule has 1 N–H and O–H groups in total. The highest BCUT2D eigenvalue weighted by atomic mass is 32.1. The molecule has 0 saturated heterocycles. The Morgan fingerprint density at radius 3 is 2.95 bits per heavy atom. The predicted octanol–water partition coefficient (Wildman–Crippen LogP) is 3.35. The maximum Gasteiger partial charge on any atom is 0.335 e. The molecular weight excluding hydrogens is 272 g/mol. The first kappa shape index (κ1) is 12.9. The predicted molar refractivity (Wildman–Crippen MR) is 79.5 cm³/mol. The summed E-state index contributed by atoms with van der Waals surface area (Å²) < 4.78 is 2.15. The van der Waals surface area contributed by atoms with Crippen molar-refractivity contribution in [2.75, 3.05) is 0 Å². The molecule has 0 atom stereocenters. The van der Waals surface area contributed by atoms with E-state index in [1.165, 1.54) is 4.88 Å². The van der Waals surface area contributed by atoms with E-state index in [2.05, 4.69) is 9.55 Å². The van der Waals surface area contributed by atoms with Gasteiger partial charge in [0.25, 0.3) is 0 Å². The average Bonchev–Trinajstić information content (AvgIpc) is 3.02. The van der Waals surface area contributed by atoms with Crippen molar-refractivity contribution in [3.05, 3.63) is 52.1 Å². The standard InChI is InChI=1S/C15H14N2O2S/c1-10-14(20-9-16-10)5-7-17-6-4-11-8-12(15(18)19)2-3-13(11)17/h2-4,6,8-9H,5,7H2,1H3,(H,18,19). The minimum Gasteiger partial charge on any atom is -0.478 e. The number of hydrogen-bond acceptors (Lipinski definition) is 3. The summed E-state index contributed by atoms with van der Waals surface area (Å²) in [5.74, 6) is -0.889. The molecule has 0 unspecified atom stereocenters. The number of benzene rings is 1. The molecule has 5 heteroatoms. The smallest absolute Gasteiger partial charge is 0.335 e. The summed E-state index contributed by atoms with van der Waals surface area (Å²) in [6, 6.07) is 7.20. The van der Waals surface area contributed by atoms with Crippen LogP contribution in [-0.4, -0.2) is 20.6 Å². The normalized spacial score (nSPS) is 11.1. The van der Waals surface area contributed by atoms with Gasteiger partial charge in [-0.05, 0) is 31.2 Å². The third-order valence-electron chi connectivity index (χ3n) is 3.44. The number of aromatic nitrogens is 2. The van der Waals surface area contributed by atoms with Crippen LogP contribution in [0.15, 0.2) is 36.0 Å². The first-order chi connectivity index (χ1) is 9.65. The number of hydrogen-bond donors (Lipinski definition) is 1. The van der Waals surface area contributed by atoms with Crippen LogP contribution in [-0.2, 0) is 13.0 Å². The second-order valence-corrected chi connectivity index (χ2v) is 5.64. The van der Waals surface area contributed by atoms with Crippen LogP contribution in [0, 0.1) is 6.92 Å². The van der Waals surface area contributed by atoms with Crippen LogP contribution in [0.4, 0.5) is 0 Å². The van der Waals surface area contributed by atoms with E-state index in [0.29, 0.717) is 5.56 Å². The summed E-state index contributed by atoms with van der Waals surface area (Å²) in [6.45, 7) is 2.90. The zero-order chi connectivity index (χ0) is 14.1. The second kappa shape index (κ2) is 5.09. The van der Waals surface area contributed by atoms with E-state index in [9.17, 15) is 4.79 Å². The van der Waals surface area contributed by atoms with Crippen LogP contribution < -0.4 is 0 Å². The first-order valence-electron chi connectivity index (χ1n) is 6.36. The Kier molecular flexibility index (Phi) is 3.28. The maximum atomic E-state index is 11.0. The Morgan fingerprint density at radius 2 is 2.25 bits per heavy atom. The van der Waals surface area contributed by atoms with Gasteiger partial charge in [-0.2, -0.15) is 0 Å². The van der Waals surface area contributed by atoms with Gasteiger partial charge in [0.1, 0.15) is 0 Å². The van der Waals surface area contributed by atoms with E-state index in [1.54, 1.807) is 23.5 Å². The van der Waals surface area contributed by atoms with Crippen molar-refractivity contribution >= 4 is 28.2 Å². The lowest BCUT2D eigenvalue weighted by Gasteiger charge is -2.05. The van der Waals surface area contributed by atoms with Crippen molar-refractivity contribution in [1.29, 1.82) is 0 Å². The molecule has 20 heavy (non-hydrogen) atoms. The molecular formula is C15H14N2O2S. The van der Waals surface area contributed by atoms with Crippen LogP contribution in [0.3, 0.4) is 0 Å². The minimum atomic E-state index is -0.889. The van der Waals surface area contributed by atoms with E-state index in [-0.39, 0.29) is 0 Å². The van der Waals surface area contributed by atoms with Crippen molar-refractivity contribution in [2.45, 2.75) is 19.9 Å². The lowest BCUT2D eigenvalue weighted by Crippen LogP contribution is -2.00. The van der Waals surface area contributed by atoms with Gasteiger partial charge in [-0.25, -0.2) is 9.78 Å². The molecule has 2 heterocycles. The summed E-state index contributed by atoms with van der Waals surface area (Å²) in [7, 11) is 0. The summed E-state index contributed by atoms with van der Waals surface area (Å²) in [5.41, 5.74) is 4.36. The number of fused-ring (bicyclic) bond motifs is 1. The highest BCUT2D eigenvalue weighted by Crippen LogP contribution is 2.20. The SMILES string of the molecule is Cc1ncsc1CCn1ccc2cc(C(=O)O)ccc21. The zero-order valence-corrected chi connectivity index (χ0v) is 11.9. The molecule has 0 aliphatic carbocycles. The van der Waals surface area contributed by atoms with Crippen LogP contribution in [0.5, 0.6) is 0 Å². The molecule has 1 aromatic carbocycles. The van der Waals surface area contributed by atoms with Crippen molar-refractivity contribution in [2.24, 2.45) is 0 Å². The molecule has 102 valence electrons. The summed E-state index contributed by atoms with van der Waals surface area (Å²) in [5, 5.41) is 9.96. The molecule has 4 nitrogen and oxygen atoms in total. The van der Waals surface area contributed by atoms with Gasteiger partial charge in [0, 0.05) is 34.9 Å². The molecule has 0 saturated carbocycles. The Hall–Kier alpha value is -2.14. The topological polar surface area (TPSA) is 55.1 Å². The Morgan fingerprint density at radius 1 is 1.40 bits per heavy atom. The van der Waals surface area contributed by atoms with Gasteiger partial charge in [0.2, 0.25) is 0 Å². The third kappa shape index (κ3) is 2.32. The van der Waals surface area contributed by atoms with Crippen LogP contribution in [0.1, 0.15) is 20.9 Å². The molecule has 0 aliphatic rings. The Bertz CT molecular complexity index is 773. The van der Waals surface area contributed by atoms with Crippen LogP contribution in [0.25, 0.3) is 10.9 Å². The lowest BCUT2D eigenvalue weighted by molar-refractivity contribution is 0.0697. The van der Waals surface area contributed by atoms with Crippen LogP contribution >= 0.6 is 11.3 Å². The number of aromatic carboxylic acids is 1. The summed E-state index contributed by atoms with van der Waals surface area (Å²) >= 11 is 1.68. The molecule has 0 fully saturated rings. The summed E-state index contributed by atoms with van der Waals surface area (Å²) in [4.78, 5) is 16.5. The number of thiazole rings is 1. The van der Waals surface area contributed by atoms with Gasteiger partial charge >= 0.3 is 5.97 Å². The van der Waals surface area contributed by atoms with Gasteiger partial charge in [-0.3, -0.25) is 0 Å². The Balaban J connectivity index is 1.85.